The van der Waals surface area contributed by atoms with Crippen LogP contribution in [0, 0.1) is 0 Å². The molecule has 1 saturated heterocycles. The number of carbonyl (C=O) groups is 1. The van der Waals surface area contributed by atoms with E-state index in [-0.39, 0.29) is 28.6 Å². The molecule has 0 radical (unpaired) electrons. The predicted octanol–water partition coefficient (Wildman–Crippen LogP) is 1.20. The Morgan fingerprint density at radius 2 is 1.97 bits per heavy atom. The van der Waals surface area contributed by atoms with Crippen molar-refractivity contribution in [2.24, 2.45) is 0 Å². The fourth-order valence-corrected chi connectivity index (χ4v) is 3.83. The van der Waals surface area contributed by atoms with Gasteiger partial charge in [0, 0.05) is 51.1 Å². The van der Waals surface area contributed by atoms with Gasteiger partial charge in [-0.3, -0.25) is 19.4 Å². The molecule has 0 unspecified atom stereocenters. The van der Waals surface area contributed by atoms with Crippen LogP contribution in [0.1, 0.15) is 35.4 Å². The normalized spacial score (nSPS) is 16.2. The molecule has 0 bridgehead atoms. The standard InChI is InChI=1S/C21H24N6O3/c1-4-27-19(29)15-8-6-5-7-14(15)18(24-27)20(30)26-10-9-13(12-26)16-11-17(28)23-21(22-16)25(2)3/h5-8,11,13H,4,9-10,12H2,1-3H3,(H,22,23,28)/t13-/m1/s1. The molecule has 3 aromatic rings. The zero-order chi connectivity index (χ0) is 21.4. The van der Waals surface area contributed by atoms with Crippen LogP contribution in [-0.2, 0) is 6.54 Å². The summed E-state index contributed by atoms with van der Waals surface area (Å²) in [5.74, 6) is 0.247. The van der Waals surface area contributed by atoms with E-state index in [2.05, 4.69) is 15.1 Å². The Bertz CT molecular complexity index is 1230. The second-order valence-corrected chi connectivity index (χ2v) is 7.64. The second kappa shape index (κ2) is 7.74. The molecule has 0 aliphatic carbocycles. The summed E-state index contributed by atoms with van der Waals surface area (Å²) in [6, 6.07) is 8.55. The van der Waals surface area contributed by atoms with Crippen LogP contribution in [-0.4, -0.2) is 57.7 Å². The van der Waals surface area contributed by atoms with Crippen LogP contribution >= 0.6 is 0 Å². The first-order valence-corrected chi connectivity index (χ1v) is 9.96. The van der Waals surface area contributed by atoms with Crippen LogP contribution in [0.2, 0.25) is 0 Å². The molecule has 0 saturated carbocycles. The molecule has 1 atom stereocenters. The Morgan fingerprint density at radius 3 is 2.67 bits per heavy atom. The first-order chi connectivity index (χ1) is 14.4. The van der Waals surface area contributed by atoms with Crippen molar-refractivity contribution < 1.29 is 4.79 Å². The summed E-state index contributed by atoms with van der Waals surface area (Å²) in [4.78, 5) is 48.6. The number of carbonyl (C=O) groups excluding carboxylic acids is 1. The van der Waals surface area contributed by atoms with E-state index in [1.54, 1.807) is 34.1 Å². The monoisotopic (exact) mass is 408 g/mol. The molecule has 9 heteroatoms. The zero-order valence-corrected chi connectivity index (χ0v) is 17.3. The van der Waals surface area contributed by atoms with Crippen LogP contribution in [0.3, 0.4) is 0 Å². The van der Waals surface area contributed by atoms with Crippen molar-refractivity contribution in [1.29, 1.82) is 0 Å². The van der Waals surface area contributed by atoms with Crippen LogP contribution in [0.15, 0.2) is 39.9 Å². The molecular weight excluding hydrogens is 384 g/mol. The zero-order valence-electron chi connectivity index (χ0n) is 17.3. The van der Waals surface area contributed by atoms with E-state index in [4.69, 9.17) is 0 Å². The lowest BCUT2D eigenvalue weighted by atomic mass is 10.0. The first kappa shape index (κ1) is 19.8. The summed E-state index contributed by atoms with van der Waals surface area (Å²) in [5.41, 5.74) is 0.540. The average Bonchev–Trinajstić information content (AvgIpc) is 3.24. The number of amides is 1. The summed E-state index contributed by atoms with van der Waals surface area (Å²) < 4.78 is 1.32. The SMILES string of the molecule is CCn1nc(C(=O)N2CC[C@@H](c3cc(=O)[nH]c(N(C)C)n3)C2)c2ccccc2c1=O. The van der Waals surface area contributed by atoms with Crippen molar-refractivity contribution >= 4 is 22.6 Å². The Kier molecular flexibility index (Phi) is 5.11. The lowest BCUT2D eigenvalue weighted by molar-refractivity contribution is 0.0784. The molecule has 1 aromatic carbocycles. The number of H-pyrrole nitrogens is 1. The van der Waals surface area contributed by atoms with Gasteiger partial charge < -0.3 is 9.80 Å². The Morgan fingerprint density at radius 1 is 1.23 bits per heavy atom. The molecule has 1 amide bonds. The Labute approximate surface area is 173 Å². The maximum Gasteiger partial charge on any atom is 0.274 e. The van der Waals surface area contributed by atoms with Gasteiger partial charge in [-0.1, -0.05) is 18.2 Å². The lowest BCUT2D eigenvalue weighted by Crippen LogP contribution is -2.33. The maximum atomic E-state index is 13.3. The van der Waals surface area contributed by atoms with Crippen LogP contribution in [0.4, 0.5) is 5.95 Å². The molecule has 1 aliphatic heterocycles. The van der Waals surface area contributed by atoms with Crippen molar-refractivity contribution in [3.8, 4) is 0 Å². The number of nitrogens with one attached hydrogen (secondary N) is 1. The van der Waals surface area contributed by atoms with Gasteiger partial charge in [0.05, 0.1) is 11.1 Å². The van der Waals surface area contributed by atoms with Crippen LogP contribution < -0.4 is 16.0 Å². The van der Waals surface area contributed by atoms with Crippen molar-refractivity contribution in [3.63, 3.8) is 0 Å². The largest absolute Gasteiger partial charge is 0.348 e. The molecule has 3 heterocycles. The number of anilines is 1. The van der Waals surface area contributed by atoms with Gasteiger partial charge in [-0.2, -0.15) is 5.10 Å². The minimum Gasteiger partial charge on any atom is -0.348 e. The molecule has 2 aromatic heterocycles. The minimum atomic E-state index is -0.214. The summed E-state index contributed by atoms with van der Waals surface area (Å²) in [7, 11) is 3.62. The molecule has 0 spiro atoms. The number of aryl methyl sites for hydroxylation is 1. The highest BCUT2D eigenvalue weighted by Gasteiger charge is 2.31. The molecule has 1 fully saturated rings. The van der Waals surface area contributed by atoms with Crippen molar-refractivity contribution in [2.75, 3.05) is 32.1 Å². The molecule has 1 N–H and O–H groups in total. The van der Waals surface area contributed by atoms with Crippen molar-refractivity contribution in [1.82, 2.24) is 24.6 Å². The number of hydrogen-bond donors (Lipinski definition) is 1. The Hall–Kier alpha value is -3.49. The lowest BCUT2D eigenvalue weighted by Gasteiger charge is -2.18. The van der Waals surface area contributed by atoms with Gasteiger partial charge in [0.15, 0.2) is 5.69 Å². The quantitative estimate of drug-likeness (QED) is 0.696. The van der Waals surface area contributed by atoms with Gasteiger partial charge in [0.25, 0.3) is 17.0 Å². The van der Waals surface area contributed by atoms with Gasteiger partial charge in [-0.15, -0.1) is 0 Å². The second-order valence-electron chi connectivity index (χ2n) is 7.64. The highest BCUT2D eigenvalue weighted by atomic mass is 16.2. The Balaban J connectivity index is 1.66. The first-order valence-electron chi connectivity index (χ1n) is 9.96. The van der Waals surface area contributed by atoms with Gasteiger partial charge in [-0.25, -0.2) is 9.67 Å². The van der Waals surface area contributed by atoms with Crippen molar-refractivity contribution in [3.05, 3.63) is 62.4 Å². The third kappa shape index (κ3) is 3.47. The van der Waals surface area contributed by atoms with Crippen LogP contribution in [0.5, 0.6) is 0 Å². The molecule has 1 aliphatic rings. The average molecular weight is 408 g/mol. The summed E-state index contributed by atoms with van der Waals surface area (Å²) >= 11 is 0. The number of fused-ring (bicyclic) bond motifs is 1. The molecule has 156 valence electrons. The summed E-state index contributed by atoms with van der Waals surface area (Å²) in [6.07, 6.45) is 0.709. The predicted molar refractivity (Wildman–Crippen MR) is 114 cm³/mol. The van der Waals surface area contributed by atoms with Gasteiger partial charge in [0.1, 0.15) is 0 Å². The maximum absolute atomic E-state index is 13.3. The molecule has 9 nitrogen and oxygen atoms in total. The van der Waals surface area contributed by atoms with Crippen molar-refractivity contribution in [2.45, 2.75) is 25.8 Å². The highest BCUT2D eigenvalue weighted by molar-refractivity contribution is 6.04. The number of aromatic amines is 1. The summed E-state index contributed by atoms with van der Waals surface area (Å²) in [6.45, 7) is 3.20. The van der Waals surface area contributed by atoms with Gasteiger partial charge >= 0.3 is 0 Å². The van der Waals surface area contributed by atoms with Gasteiger partial charge in [-0.05, 0) is 19.4 Å². The van der Waals surface area contributed by atoms with E-state index < -0.39 is 0 Å². The highest BCUT2D eigenvalue weighted by Crippen LogP contribution is 2.27. The fraction of sp³-hybridized carbons (Fsp3) is 0.381. The van der Waals surface area contributed by atoms with E-state index in [9.17, 15) is 14.4 Å². The number of rotatable bonds is 4. The van der Waals surface area contributed by atoms with E-state index in [0.29, 0.717) is 48.5 Å². The van der Waals surface area contributed by atoms with E-state index in [1.807, 2.05) is 21.0 Å². The van der Waals surface area contributed by atoms with Gasteiger partial charge in [0.2, 0.25) is 5.95 Å². The van der Waals surface area contributed by atoms with E-state index in [0.717, 1.165) is 0 Å². The van der Waals surface area contributed by atoms with E-state index in [1.165, 1.54) is 10.7 Å². The number of hydrogen-bond acceptors (Lipinski definition) is 6. The molecule has 30 heavy (non-hydrogen) atoms. The third-order valence-electron chi connectivity index (χ3n) is 5.44. The van der Waals surface area contributed by atoms with E-state index >= 15 is 0 Å². The van der Waals surface area contributed by atoms with Crippen LogP contribution in [0.25, 0.3) is 10.8 Å². The number of aromatic nitrogens is 4. The fourth-order valence-electron chi connectivity index (χ4n) is 3.83. The number of benzene rings is 1. The number of nitrogens with zero attached hydrogens (tertiary/aromatic N) is 5. The topological polar surface area (TPSA) is 104 Å². The smallest absolute Gasteiger partial charge is 0.274 e. The molecule has 4 rings (SSSR count). The third-order valence-corrected chi connectivity index (χ3v) is 5.44. The molecular formula is C21H24N6O3. The minimum absolute atomic E-state index is 0.0294. The number of likely N-dealkylation sites (tertiary alicyclic amines) is 1. The summed E-state index contributed by atoms with van der Waals surface area (Å²) in [5, 5.41) is 5.39.